The number of hydrogen-bond donors (Lipinski definition) is 2. The standard InChI is InChI=1S/C22H22F2N4O4/c1-12-3-4-28-18(10-15-11-27(22(30)31)5-6-32-15)21(26-19(28)7-12)20-16(23)8-14(9-17(20)24)25-13(2)29/h3-4,7-9,15H,5-6,10-11H2,1-2H3,(H,25,29)(H,30,31)/t15-/m0/s1. The molecule has 1 fully saturated rings. The summed E-state index contributed by atoms with van der Waals surface area (Å²) in [7, 11) is 0. The Hall–Kier alpha value is -3.53. The molecule has 2 N–H and O–H groups in total. The van der Waals surface area contributed by atoms with E-state index >= 15 is 8.78 Å². The molecule has 1 aliphatic rings. The Morgan fingerprint density at radius 1 is 1.28 bits per heavy atom. The van der Waals surface area contributed by atoms with Crippen LogP contribution < -0.4 is 5.32 Å². The number of fused-ring (bicyclic) bond motifs is 1. The number of aryl methyl sites for hydroxylation is 1. The van der Waals surface area contributed by atoms with E-state index in [4.69, 9.17) is 4.74 Å². The molecule has 0 aliphatic carbocycles. The third kappa shape index (κ3) is 4.26. The quantitative estimate of drug-likeness (QED) is 0.643. The van der Waals surface area contributed by atoms with Crippen LogP contribution in [0, 0.1) is 18.6 Å². The van der Waals surface area contributed by atoms with Crippen LogP contribution in [0.4, 0.5) is 19.3 Å². The highest BCUT2D eigenvalue weighted by Gasteiger charge is 2.28. The number of pyridine rings is 1. The maximum absolute atomic E-state index is 15.0. The highest BCUT2D eigenvalue weighted by Crippen LogP contribution is 2.33. The van der Waals surface area contributed by atoms with E-state index in [1.54, 1.807) is 16.7 Å². The lowest BCUT2D eigenvalue weighted by Crippen LogP contribution is -2.45. The zero-order chi connectivity index (χ0) is 23.0. The van der Waals surface area contributed by atoms with Crippen LogP contribution in [-0.4, -0.2) is 57.2 Å². The van der Waals surface area contributed by atoms with Crippen molar-refractivity contribution in [2.75, 3.05) is 25.0 Å². The Morgan fingerprint density at radius 3 is 2.66 bits per heavy atom. The molecule has 0 saturated carbocycles. The smallest absolute Gasteiger partial charge is 0.407 e. The molecule has 0 spiro atoms. The largest absolute Gasteiger partial charge is 0.465 e. The molecule has 0 unspecified atom stereocenters. The third-order valence-corrected chi connectivity index (χ3v) is 5.31. The second kappa shape index (κ2) is 8.54. The Bertz CT molecular complexity index is 1190. The average Bonchev–Trinajstić information content (AvgIpc) is 3.04. The summed E-state index contributed by atoms with van der Waals surface area (Å²) in [6.07, 6.45) is 0.424. The van der Waals surface area contributed by atoms with Gasteiger partial charge in [0.15, 0.2) is 0 Å². The number of benzene rings is 1. The molecule has 1 aliphatic heterocycles. The molecule has 3 aromatic rings. The molecule has 1 aromatic carbocycles. The second-order valence-electron chi connectivity index (χ2n) is 7.76. The van der Waals surface area contributed by atoms with E-state index in [0.717, 1.165) is 17.7 Å². The maximum atomic E-state index is 15.0. The van der Waals surface area contributed by atoms with Crippen molar-refractivity contribution in [2.24, 2.45) is 0 Å². The summed E-state index contributed by atoms with van der Waals surface area (Å²) in [6, 6.07) is 5.73. The highest BCUT2D eigenvalue weighted by molar-refractivity contribution is 5.89. The minimum atomic E-state index is -1.04. The van der Waals surface area contributed by atoms with Crippen LogP contribution in [0.15, 0.2) is 30.5 Å². The molecule has 8 nitrogen and oxygen atoms in total. The number of rotatable bonds is 4. The fourth-order valence-electron chi connectivity index (χ4n) is 3.90. The number of nitrogens with one attached hydrogen (secondary N) is 1. The molecular weight excluding hydrogens is 422 g/mol. The van der Waals surface area contributed by atoms with Gasteiger partial charge in [0.1, 0.15) is 17.3 Å². The first-order valence-electron chi connectivity index (χ1n) is 10.1. The van der Waals surface area contributed by atoms with Gasteiger partial charge in [-0.2, -0.15) is 0 Å². The molecular formula is C22H22F2N4O4. The molecule has 4 rings (SSSR count). The fraction of sp³-hybridized carbons (Fsp3) is 0.318. The van der Waals surface area contributed by atoms with Gasteiger partial charge in [0, 0.05) is 31.8 Å². The van der Waals surface area contributed by atoms with E-state index in [-0.39, 0.29) is 43.1 Å². The van der Waals surface area contributed by atoms with E-state index in [1.165, 1.54) is 11.8 Å². The normalized spacial score (nSPS) is 16.4. The zero-order valence-corrected chi connectivity index (χ0v) is 17.6. The molecule has 1 atom stereocenters. The number of anilines is 1. The van der Waals surface area contributed by atoms with Crippen molar-refractivity contribution in [3.8, 4) is 11.3 Å². The van der Waals surface area contributed by atoms with Crippen LogP contribution in [0.25, 0.3) is 16.9 Å². The molecule has 1 saturated heterocycles. The van der Waals surface area contributed by atoms with Crippen LogP contribution >= 0.6 is 0 Å². The molecule has 3 heterocycles. The molecule has 0 bridgehead atoms. The van der Waals surface area contributed by atoms with E-state index in [2.05, 4.69) is 10.3 Å². The maximum Gasteiger partial charge on any atom is 0.407 e. The molecule has 32 heavy (non-hydrogen) atoms. The summed E-state index contributed by atoms with van der Waals surface area (Å²) >= 11 is 0. The summed E-state index contributed by atoms with van der Waals surface area (Å²) in [5, 5.41) is 11.7. The topological polar surface area (TPSA) is 96.2 Å². The summed E-state index contributed by atoms with van der Waals surface area (Å²) in [5.41, 5.74) is 1.73. The van der Waals surface area contributed by atoms with Gasteiger partial charge in [0.05, 0.1) is 36.2 Å². The lowest BCUT2D eigenvalue weighted by molar-refractivity contribution is -0.114. The number of halogens is 2. The van der Waals surface area contributed by atoms with Gasteiger partial charge < -0.3 is 24.5 Å². The van der Waals surface area contributed by atoms with Gasteiger partial charge in [-0.15, -0.1) is 0 Å². The van der Waals surface area contributed by atoms with Crippen molar-refractivity contribution in [2.45, 2.75) is 26.4 Å². The average molecular weight is 444 g/mol. The number of imidazole rings is 1. The first kappa shape index (κ1) is 21.7. The van der Waals surface area contributed by atoms with Crippen LogP contribution in [-0.2, 0) is 16.0 Å². The summed E-state index contributed by atoms with van der Waals surface area (Å²) in [6.45, 7) is 3.76. The summed E-state index contributed by atoms with van der Waals surface area (Å²) in [5.74, 6) is -2.18. The number of hydrogen-bond acceptors (Lipinski definition) is 4. The lowest BCUT2D eigenvalue weighted by atomic mass is 10.0. The van der Waals surface area contributed by atoms with Gasteiger partial charge in [-0.1, -0.05) is 0 Å². The van der Waals surface area contributed by atoms with Crippen molar-refractivity contribution in [3.05, 3.63) is 53.4 Å². The van der Waals surface area contributed by atoms with Gasteiger partial charge in [-0.3, -0.25) is 4.79 Å². The van der Waals surface area contributed by atoms with Gasteiger partial charge in [-0.05, 0) is 36.8 Å². The minimum absolute atomic E-state index is 0.00474. The number of amides is 2. The molecule has 168 valence electrons. The SMILES string of the molecule is CC(=O)Nc1cc(F)c(-c2nc3cc(C)ccn3c2C[C@H]2CN(C(=O)O)CCO2)c(F)c1. The predicted octanol–water partition coefficient (Wildman–Crippen LogP) is 3.47. The van der Waals surface area contributed by atoms with E-state index in [1.807, 2.05) is 13.0 Å². The number of nitrogens with zero attached hydrogens (tertiary/aromatic N) is 3. The number of carbonyl (C=O) groups excluding carboxylic acids is 1. The van der Waals surface area contributed by atoms with Crippen LogP contribution in [0.1, 0.15) is 18.2 Å². The lowest BCUT2D eigenvalue weighted by Gasteiger charge is -2.31. The zero-order valence-electron chi connectivity index (χ0n) is 17.6. The Kier molecular flexibility index (Phi) is 5.79. The number of aromatic nitrogens is 2. The van der Waals surface area contributed by atoms with Crippen LogP contribution in [0.5, 0.6) is 0 Å². The molecule has 2 aromatic heterocycles. The fourth-order valence-corrected chi connectivity index (χ4v) is 3.90. The molecule has 0 radical (unpaired) electrons. The number of morpholine rings is 1. The second-order valence-corrected chi connectivity index (χ2v) is 7.76. The number of ether oxygens (including phenoxy) is 1. The third-order valence-electron chi connectivity index (χ3n) is 5.31. The van der Waals surface area contributed by atoms with E-state index < -0.39 is 29.7 Å². The minimum Gasteiger partial charge on any atom is -0.465 e. The van der Waals surface area contributed by atoms with E-state index in [9.17, 15) is 14.7 Å². The van der Waals surface area contributed by atoms with Crippen LogP contribution in [0.3, 0.4) is 0 Å². The summed E-state index contributed by atoms with van der Waals surface area (Å²) in [4.78, 5) is 28.4. The van der Waals surface area contributed by atoms with Crippen molar-refractivity contribution in [3.63, 3.8) is 0 Å². The Balaban J connectivity index is 1.80. The van der Waals surface area contributed by atoms with Crippen LogP contribution in [0.2, 0.25) is 0 Å². The monoisotopic (exact) mass is 444 g/mol. The first-order chi connectivity index (χ1) is 15.2. The van der Waals surface area contributed by atoms with Gasteiger partial charge in [-0.25, -0.2) is 18.6 Å². The first-order valence-corrected chi connectivity index (χ1v) is 10.1. The Labute approximate surface area is 182 Å². The molecule has 2 amide bonds. The Morgan fingerprint density at radius 2 is 2.00 bits per heavy atom. The van der Waals surface area contributed by atoms with E-state index in [0.29, 0.717) is 11.3 Å². The number of carbonyl (C=O) groups is 2. The summed E-state index contributed by atoms with van der Waals surface area (Å²) < 4.78 is 37.5. The van der Waals surface area contributed by atoms with Gasteiger partial charge in [0.2, 0.25) is 5.91 Å². The highest BCUT2D eigenvalue weighted by atomic mass is 19.1. The van der Waals surface area contributed by atoms with Crippen molar-refractivity contribution >= 4 is 23.3 Å². The van der Waals surface area contributed by atoms with Gasteiger partial charge >= 0.3 is 6.09 Å². The predicted molar refractivity (Wildman–Crippen MR) is 113 cm³/mol. The van der Waals surface area contributed by atoms with Crippen molar-refractivity contribution in [1.29, 1.82) is 0 Å². The molecule has 10 heteroatoms. The van der Waals surface area contributed by atoms with Crippen molar-refractivity contribution < 1.29 is 28.2 Å². The van der Waals surface area contributed by atoms with Crippen molar-refractivity contribution in [1.82, 2.24) is 14.3 Å². The number of carboxylic acid groups (broad SMARTS) is 1. The van der Waals surface area contributed by atoms with Gasteiger partial charge in [0.25, 0.3) is 0 Å².